The highest BCUT2D eigenvalue weighted by molar-refractivity contribution is 5.66. The molecule has 16 heavy (non-hydrogen) atoms. The number of carbonyl (C=O) groups is 1. The third kappa shape index (κ3) is 3.22. The molecule has 1 heterocycles. The zero-order valence-corrected chi connectivity index (χ0v) is 10.2. The van der Waals surface area contributed by atoms with Gasteiger partial charge in [0.05, 0.1) is 0 Å². The predicted octanol–water partition coefficient (Wildman–Crippen LogP) is 2.67. The fourth-order valence-corrected chi connectivity index (χ4v) is 1.48. The van der Waals surface area contributed by atoms with Gasteiger partial charge in [0.15, 0.2) is 0 Å². The lowest BCUT2D eigenvalue weighted by molar-refractivity contribution is 0.0955. The first kappa shape index (κ1) is 12.5. The molecule has 1 N–H and O–H groups in total. The molecule has 0 spiro atoms. The molecule has 0 fully saturated rings. The van der Waals surface area contributed by atoms with E-state index in [0.717, 1.165) is 11.3 Å². The van der Waals surface area contributed by atoms with Gasteiger partial charge >= 0.3 is 6.09 Å². The van der Waals surface area contributed by atoms with E-state index in [4.69, 9.17) is 5.11 Å². The summed E-state index contributed by atoms with van der Waals surface area (Å²) in [5.41, 5.74) is 1.46. The summed E-state index contributed by atoms with van der Waals surface area (Å²) in [5.74, 6) is 0. The molecule has 4 nitrogen and oxygen atoms in total. The quantitative estimate of drug-likeness (QED) is 0.837. The second-order valence-corrected chi connectivity index (χ2v) is 4.85. The van der Waals surface area contributed by atoms with Crippen LogP contribution in [-0.2, 0) is 6.54 Å². The molecule has 1 rings (SSSR count). The number of aryl methyl sites for hydroxylation is 1. The third-order valence-corrected chi connectivity index (χ3v) is 2.34. The highest BCUT2D eigenvalue weighted by Gasteiger charge is 2.25. The lowest BCUT2D eigenvalue weighted by Gasteiger charge is -2.33. The Hall–Kier alpha value is -1.58. The normalized spacial score (nSPS) is 11.2. The number of nitrogens with zero attached hydrogens (tertiary/aromatic N) is 2. The average Bonchev–Trinajstić information content (AvgIpc) is 2.12. The summed E-state index contributed by atoms with van der Waals surface area (Å²) in [7, 11) is 0. The van der Waals surface area contributed by atoms with Gasteiger partial charge in [0.1, 0.15) is 0 Å². The van der Waals surface area contributed by atoms with Crippen LogP contribution in [0.2, 0.25) is 0 Å². The maximum absolute atomic E-state index is 11.1. The molecule has 0 saturated carbocycles. The largest absolute Gasteiger partial charge is 0.465 e. The standard InChI is InChI=1S/C12H18N2O2/c1-9-7-10(5-6-13-9)8-14(11(15)16)12(2,3)4/h5-7H,8H2,1-4H3,(H,15,16). The summed E-state index contributed by atoms with van der Waals surface area (Å²) in [6.45, 7) is 7.94. The molecule has 1 aromatic heterocycles. The maximum Gasteiger partial charge on any atom is 0.408 e. The van der Waals surface area contributed by atoms with Gasteiger partial charge in [-0.15, -0.1) is 0 Å². The van der Waals surface area contributed by atoms with E-state index in [2.05, 4.69) is 4.98 Å². The van der Waals surface area contributed by atoms with E-state index in [9.17, 15) is 4.79 Å². The van der Waals surface area contributed by atoms with Gasteiger partial charge in [0, 0.05) is 24.0 Å². The minimum absolute atomic E-state index is 0.391. The van der Waals surface area contributed by atoms with Gasteiger partial charge < -0.3 is 5.11 Å². The van der Waals surface area contributed by atoms with Crippen LogP contribution in [0.3, 0.4) is 0 Å². The first-order valence-corrected chi connectivity index (χ1v) is 5.23. The van der Waals surface area contributed by atoms with Crippen molar-refractivity contribution >= 4 is 6.09 Å². The van der Waals surface area contributed by atoms with Gasteiger partial charge in [-0.05, 0) is 45.4 Å². The molecule has 0 radical (unpaired) electrons. The molecule has 0 aliphatic carbocycles. The topological polar surface area (TPSA) is 53.4 Å². The van der Waals surface area contributed by atoms with Crippen molar-refractivity contribution in [1.82, 2.24) is 9.88 Å². The van der Waals surface area contributed by atoms with Gasteiger partial charge in [-0.3, -0.25) is 9.88 Å². The second-order valence-electron chi connectivity index (χ2n) is 4.85. The lowest BCUT2D eigenvalue weighted by Crippen LogP contribution is -2.44. The van der Waals surface area contributed by atoms with Crippen molar-refractivity contribution < 1.29 is 9.90 Å². The van der Waals surface area contributed by atoms with Crippen LogP contribution >= 0.6 is 0 Å². The zero-order chi connectivity index (χ0) is 12.3. The summed E-state index contributed by atoms with van der Waals surface area (Å²) in [6.07, 6.45) is 0.801. The molecular weight excluding hydrogens is 204 g/mol. The smallest absolute Gasteiger partial charge is 0.408 e. The summed E-state index contributed by atoms with van der Waals surface area (Å²) in [6, 6.07) is 3.75. The fraction of sp³-hybridized carbons (Fsp3) is 0.500. The fourth-order valence-electron chi connectivity index (χ4n) is 1.48. The minimum atomic E-state index is -0.901. The Balaban J connectivity index is 2.89. The summed E-state index contributed by atoms with van der Waals surface area (Å²) in [4.78, 5) is 16.7. The Kier molecular flexibility index (Phi) is 3.52. The molecule has 0 aliphatic heterocycles. The summed E-state index contributed by atoms with van der Waals surface area (Å²) < 4.78 is 0. The van der Waals surface area contributed by atoms with Crippen LogP contribution in [0.25, 0.3) is 0 Å². The molecule has 1 aromatic rings. The van der Waals surface area contributed by atoms with Gasteiger partial charge in [-0.1, -0.05) is 0 Å². The molecule has 0 aliphatic rings. The van der Waals surface area contributed by atoms with Crippen molar-refractivity contribution in [1.29, 1.82) is 0 Å². The van der Waals surface area contributed by atoms with Gasteiger partial charge in [-0.2, -0.15) is 0 Å². The van der Waals surface area contributed by atoms with Crippen molar-refractivity contribution in [3.8, 4) is 0 Å². The Bertz CT molecular complexity index is 383. The SMILES string of the molecule is Cc1cc(CN(C(=O)O)C(C)(C)C)ccn1. The van der Waals surface area contributed by atoms with Crippen molar-refractivity contribution in [2.45, 2.75) is 39.8 Å². The summed E-state index contributed by atoms with van der Waals surface area (Å²) >= 11 is 0. The van der Waals surface area contributed by atoms with Crippen LogP contribution in [0.4, 0.5) is 4.79 Å². The van der Waals surface area contributed by atoms with Crippen LogP contribution in [0.15, 0.2) is 18.3 Å². The summed E-state index contributed by atoms with van der Waals surface area (Å²) in [5, 5.41) is 9.15. The van der Waals surface area contributed by atoms with Crippen molar-refractivity contribution in [3.05, 3.63) is 29.6 Å². The predicted molar refractivity (Wildman–Crippen MR) is 62.3 cm³/mol. The minimum Gasteiger partial charge on any atom is -0.465 e. The highest BCUT2D eigenvalue weighted by Crippen LogP contribution is 2.17. The van der Waals surface area contributed by atoms with Gasteiger partial charge in [0.25, 0.3) is 0 Å². The first-order chi connectivity index (χ1) is 7.30. The molecular formula is C12H18N2O2. The molecule has 4 heteroatoms. The zero-order valence-electron chi connectivity index (χ0n) is 10.2. The number of carboxylic acid groups (broad SMARTS) is 1. The number of aromatic nitrogens is 1. The van der Waals surface area contributed by atoms with Crippen LogP contribution in [0.1, 0.15) is 32.0 Å². The third-order valence-electron chi connectivity index (χ3n) is 2.34. The number of hydrogen-bond donors (Lipinski definition) is 1. The van der Waals surface area contributed by atoms with E-state index in [0.29, 0.717) is 6.54 Å². The molecule has 0 aromatic carbocycles. The van der Waals surface area contributed by atoms with Crippen LogP contribution in [0, 0.1) is 6.92 Å². The molecule has 0 atom stereocenters. The Morgan fingerprint density at radius 2 is 2.12 bits per heavy atom. The molecule has 0 unspecified atom stereocenters. The first-order valence-electron chi connectivity index (χ1n) is 5.23. The molecule has 88 valence electrons. The van der Waals surface area contributed by atoms with E-state index in [1.807, 2.05) is 39.8 Å². The van der Waals surface area contributed by atoms with E-state index < -0.39 is 11.6 Å². The van der Waals surface area contributed by atoms with Crippen LogP contribution in [0.5, 0.6) is 0 Å². The molecule has 0 saturated heterocycles. The van der Waals surface area contributed by atoms with Crippen molar-refractivity contribution in [2.24, 2.45) is 0 Å². The average molecular weight is 222 g/mol. The van der Waals surface area contributed by atoms with Crippen molar-refractivity contribution in [3.63, 3.8) is 0 Å². The molecule has 0 bridgehead atoms. The maximum atomic E-state index is 11.1. The highest BCUT2D eigenvalue weighted by atomic mass is 16.4. The lowest BCUT2D eigenvalue weighted by atomic mass is 10.1. The molecule has 1 amide bonds. The second kappa shape index (κ2) is 4.51. The van der Waals surface area contributed by atoms with E-state index in [1.165, 1.54) is 4.90 Å². The van der Waals surface area contributed by atoms with Crippen molar-refractivity contribution in [2.75, 3.05) is 0 Å². The van der Waals surface area contributed by atoms with E-state index in [-0.39, 0.29) is 0 Å². The number of rotatable bonds is 2. The van der Waals surface area contributed by atoms with E-state index in [1.54, 1.807) is 6.20 Å². The van der Waals surface area contributed by atoms with Crippen LogP contribution in [-0.4, -0.2) is 26.6 Å². The van der Waals surface area contributed by atoms with Crippen LogP contribution < -0.4 is 0 Å². The van der Waals surface area contributed by atoms with Gasteiger partial charge in [-0.25, -0.2) is 4.79 Å². The number of hydrogen-bond acceptors (Lipinski definition) is 2. The Labute approximate surface area is 95.9 Å². The van der Waals surface area contributed by atoms with E-state index >= 15 is 0 Å². The number of amides is 1. The Morgan fingerprint density at radius 1 is 1.50 bits per heavy atom. The number of pyridine rings is 1. The Morgan fingerprint density at radius 3 is 2.56 bits per heavy atom. The monoisotopic (exact) mass is 222 g/mol. The van der Waals surface area contributed by atoms with Gasteiger partial charge in [0.2, 0.25) is 0 Å².